The molecular formula is C9H22NO2P. The quantitative estimate of drug-likeness (QED) is 0.625. The van der Waals surface area contributed by atoms with E-state index < -0.39 is 8.53 Å². The molecule has 1 atom stereocenters. The fourth-order valence-electron chi connectivity index (χ4n) is 1.30. The minimum Gasteiger partial charge on any atom is -0.325 e. The van der Waals surface area contributed by atoms with Gasteiger partial charge in [0, 0.05) is 19.2 Å². The van der Waals surface area contributed by atoms with Gasteiger partial charge in [-0.05, 0) is 34.6 Å². The molecule has 0 aromatic heterocycles. The third-order valence-electron chi connectivity index (χ3n) is 1.64. The van der Waals surface area contributed by atoms with Gasteiger partial charge in [0.2, 0.25) is 0 Å². The Morgan fingerprint density at radius 1 is 1.15 bits per heavy atom. The number of nitrogens with zero attached hydrogens (tertiary/aromatic N) is 1. The van der Waals surface area contributed by atoms with Gasteiger partial charge in [-0.25, -0.2) is 4.67 Å². The number of hydrogen-bond acceptors (Lipinski definition) is 3. The SMILES string of the molecule is CCOP(OC)N(C(C)C)C(C)C. The molecule has 1 unspecified atom stereocenters. The largest absolute Gasteiger partial charge is 0.325 e. The Morgan fingerprint density at radius 3 is 1.85 bits per heavy atom. The highest BCUT2D eigenvalue weighted by Crippen LogP contribution is 2.44. The van der Waals surface area contributed by atoms with Crippen LogP contribution in [0, 0.1) is 0 Å². The second-order valence-corrected chi connectivity index (χ2v) is 4.97. The summed E-state index contributed by atoms with van der Waals surface area (Å²) in [5.74, 6) is 0. The van der Waals surface area contributed by atoms with Crippen LogP contribution in [0.25, 0.3) is 0 Å². The summed E-state index contributed by atoms with van der Waals surface area (Å²) < 4.78 is 13.2. The first kappa shape index (κ1) is 13.3. The lowest BCUT2D eigenvalue weighted by Gasteiger charge is -2.34. The average molecular weight is 207 g/mol. The topological polar surface area (TPSA) is 21.7 Å². The second kappa shape index (κ2) is 6.72. The molecule has 13 heavy (non-hydrogen) atoms. The molecule has 0 bridgehead atoms. The van der Waals surface area contributed by atoms with Gasteiger partial charge < -0.3 is 9.05 Å². The molecule has 0 aliphatic carbocycles. The minimum atomic E-state index is -0.868. The summed E-state index contributed by atoms with van der Waals surface area (Å²) in [5.41, 5.74) is 0. The van der Waals surface area contributed by atoms with Crippen molar-refractivity contribution in [1.82, 2.24) is 4.67 Å². The van der Waals surface area contributed by atoms with Crippen molar-refractivity contribution in [3.63, 3.8) is 0 Å². The molecule has 3 nitrogen and oxygen atoms in total. The van der Waals surface area contributed by atoms with Crippen LogP contribution in [-0.4, -0.2) is 30.5 Å². The zero-order chi connectivity index (χ0) is 10.4. The van der Waals surface area contributed by atoms with Gasteiger partial charge in [0.1, 0.15) is 0 Å². The fraction of sp³-hybridized carbons (Fsp3) is 1.00. The zero-order valence-corrected chi connectivity index (χ0v) is 10.5. The summed E-state index contributed by atoms with van der Waals surface area (Å²) in [6.07, 6.45) is 0. The summed E-state index contributed by atoms with van der Waals surface area (Å²) in [6, 6.07) is 0.912. The number of hydrogen-bond donors (Lipinski definition) is 0. The van der Waals surface area contributed by atoms with Crippen molar-refractivity contribution in [3.8, 4) is 0 Å². The molecule has 0 aromatic rings. The van der Waals surface area contributed by atoms with Crippen LogP contribution in [0.5, 0.6) is 0 Å². The third-order valence-corrected chi connectivity index (χ3v) is 3.73. The van der Waals surface area contributed by atoms with E-state index in [0.29, 0.717) is 18.7 Å². The van der Waals surface area contributed by atoms with E-state index in [1.807, 2.05) is 6.92 Å². The smallest absolute Gasteiger partial charge is 0.258 e. The maximum absolute atomic E-state index is 5.54. The molecule has 0 aliphatic heterocycles. The van der Waals surface area contributed by atoms with Crippen molar-refractivity contribution >= 4 is 8.53 Å². The van der Waals surface area contributed by atoms with Crippen LogP contribution >= 0.6 is 8.53 Å². The Hall–Kier alpha value is 0.310. The normalized spacial score (nSPS) is 14.5. The van der Waals surface area contributed by atoms with E-state index in [-0.39, 0.29) is 0 Å². The first-order valence-electron chi connectivity index (χ1n) is 4.79. The predicted octanol–water partition coefficient (Wildman–Crippen LogP) is 3.02. The maximum Gasteiger partial charge on any atom is 0.258 e. The van der Waals surface area contributed by atoms with Crippen molar-refractivity contribution in [3.05, 3.63) is 0 Å². The van der Waals surface area contributed by atoms with Crippen molar-refractivity contribution in [2.75, 3.05) is 13.7 Å². The van der Waals surface area contributed by atoms with Gasteiger partial charge in [0.25, 0.3) is 8.53 Å². The van der Waals surface area contributed by atoms with E-state index >= 15 is 0 Å². The lowest BCUT2D eigenvalue weighted by molar-refractivity contribution is 0.201. The summed E-state index contributed by atoms with van der Waals surface area (Å²) >= 11 is 0. The predicted molar refractivity (Wildman–Crippen MR) is 57.7 cm³/mol. The van der Waals surface area contributed by atoms with E-state index in [1.165, 1.54) is 0 Å². The summed E-state index contributed by atoms with van der Waals surface area (Å²) in [4.78, 5) is 0. The van der Waals surface area contributed by atoms with Gasteiger partial charge in [-0.3, -0.25) is 0 Å². The molecular weight excluding hydrogens is 185 g/mol. The average Bonchev–Trinajstić information content (AvgIpc) is 2.02. The molecule has 4 heteroatoms. The first-order valence-corrected chi connectivity index (χ1v) is 5.93. The number of rotatable bonds is 6. The lowest BCUT2D eigenvalue weighted by atomic mass is 10.3. The van der Waals surface area contributed by atoms with Crippen LogP contribution in [0.2, 0.25) is 0 Å². The van der Waals surface area contributed by atoms with Crippen molar-refractivity contribution in [2.45, 2.75) is 46.7 Å². The van der Waals surface area contributed by atoms with Crippen molar-refractivity contribution in [1.29, 1.82) is 0 Å². The van der Waals surface area contributed by atoms with Gasteiger partial charge >= 0.3 is 0 Å². The highest BCUT2D eigenvalue weighted by Gasteiger charge is 2.25. The lowest BCUT2D eigenvalue weighted by Crippen LogP contribution is -2.33. The maximum atomic E-state index is 5.54. The molecule has 0 spiro atoms. The van der Waals surface area contributed by atoms with E-state index in [4.69, 9.17) is 9.05 Å². The highest BCUT2D eigenvalue weighted by molar-refractivity contribution is 7.44. The second-order valence-electron chi connectivity index (χ2n) is 3.41. The van der Waals surface area contributed by atoms with Gasteiger partial charge in [0.05, 0.1) is 6.61 Å². The Labute approximate surface area is 83.4 Å². The zero-order valence-electron chi connectivity index (χ0n) is 9.57. The molecule has 0 amide bonds. The van der Waals surface area contributed by atoms with E-state index in [0.717, 1.165) is 0 Å². The molecule has 0 heterocycles. The van der Waals surface area contributed by atoms with E-state index in [2.05, 4.69) is 32.4 Å². The third kappa shape index (κ3) is 4.37. The fourth-order valence-corrected chi connectivity index (χ4v) is 2.70. The van der Waals surface area contributed by atoms with Gasteiger partial charge in [-0.2, -0.15) is 0 Å². The molecule has 0 aromatic carbocycles. The molecule has 80 valence electrons. The molecule has 0 saturated carbocycles. The van der Waals surface area contributed by atoms with Crippen LogP contribution in [0.4, 0.5) is 0 Å². The summed E-state index contributed by atoms with van der Waals surface area (Å²) in [7, 11) is 0.840. The van der Waals surface area contributed by atoms with E-state index in [9.17, 15) is 0 Å². The van der Waals surface area contributed by atoms with E-state index in [1.54, 1.807) is 7.11 Å². The van der Waals surface area contributed by atoms with Crippen LogP contribution in [0.15, 0.2) is 0 Å². The molecule has 0 radical (unpaired) electrons. The Morgan fingerprint density at radius 2 is 1.62 bits per heavy atom. The molecule has 0 N–H and O–H groups in total. The van der Waals surface area contributed by atoms with Gasteiger partial charge in [-0.15, -0.1) is 0 Å². The van der Waals surface area contributed by atoms with Gasteiger partial charge in [-0.1, -0.05) is 0 Å². The van der Waals surface area contributed by atoms with Gasteiger partial charge in [0.15, 0.2) is 0 Å². The monoisotopic (exact) mass is 207 g/mol. The highest BCUT2D eigenvalue weighted by atomic mass is 31.2. The minimum absolute atomic E-state index is 0.456. The van der Waals surface area contributed by atoms with Crippen LogP contribution in [-0.2, 0) is 9.05 Å². The standard InChI is InChI=1S/C9H22NO2P/c1-7-12-13(11-6)10(8(2)3)9(4)5/h8-9H,7H2,1-6H3. The Kier molecular flexibility index (Phi) is 6.88. The molecule has 0 saturated heterocycles. The van der Waals surface area contributed by atoms with Crippen LogP contribution in [0.1, 0.15) is 34.6 Å². The molecule has 0 fully saturated rings. The Balaban J connectivity index is 4.30. The molecule has 0 aliphatic rings. The summed E-state index contributed by atoms with van der Waals surface area (Å²) in [6.45, 7) is 11.3. The van der Waals surface area contributed by atoms with Crippen LogP contribution < -0.4 is 0 Å². The summed E-state index contributed by atoms with van der Waals surface area (Å²) in [5, 5.41) is 0. The van der Waals surface area contributed by atoms with Crippen molar-refractivity contribution < 1.29 is 9.05 Å². The first-order chi connectivity index (χ1) is 6.04. The van der Waals surface area contributed by atoms with Crippen LogP contribution in [0.3, 0.4) is 0 Å². The Bertz CT molecular complexity index is 123. The van der Waals surface area contributed by atoms with Crippen molar-refractivity contribution in [2.24, 2.45) is 0 Å². The molecule has 0 rings (SSSR count).